The third kappa shape index (κ3) is 3.75. The Labute approximate surface area is 128 Å². The molecule has 0 aliphatic carbocycles. The third-order valence-corrected chi connectivity index (χ3v) is 3.32. The van der Waals surface area contributed by atoms with Gasteiger partial charge in [0.2, 0.25) is 0 Å². The van der Waals surface area contributed by atoms with E-state index in [2.05, 4.69) is 0 Å². The number of carbonyl (C=O) groups is 1. The number of Topliss-reactive ketones (excluding diaryl/α,β-unsaturated/α-hetero) is 1. The van der Waals surface area contributed by atoms with Crippen LogP contribution in [0, 0.1) is 13.8 Å². The molecule has 20 heavy (non-hydrogen) atoms. The van der Waals surface area contributed by atoms with Crippen LogP contribution in [-0.4, -0.2) is 12.4 Å². The van der Waals surface area contributed by atoms with Crippen molar-refractivity contribution in [1.29, 1.82) is 0 Å². The number of rotatable bonds is 4. The van der Waals surface area contributed by atoms with Gasteiger partial charge in [-0.3, -0.25) is 4.79 Å². The number of ether oxygens (including phenoxy) is 1. The normalized spacial score (nSPS) is 10.4. The molecule has 104 valence electrons. The molecular formula is C16H14Cl2O2. The van der Waals surface area contributed by atoms with E-state index in [-0.39, 0.29) is 12.4 Å². The zero-order valence-electron chi connectivity index (χ0n) is 11.2. The molecule has 0 aliphatic rings. The second-order valence-electron chi connectivity index (χ2n) is 4.64. The van der Waals surface area contributed by atoms with Crippen molar-refractivity contribution in [3.63, 3.8) is 0 Å². The number of hydrogen-bond donors (Lipinski definition) is 0. The maximum atomic E-state index is 12.1. The summed E-state index contributed by atoms with van der Waals surface area (Å²) in [5.74, 6) is 0.416. The minimum atomic E-state index is -0.0707. The standard InChI is InChI=1S/C16H14Cl2O2/c1-10-3-4-15(11(2)5-10)16(19)9-20-14-7-12(17)6-13(18)8-14/h3-8H,9H2,1-2H3. The summed E-state index contributed by atoms with van der Waals surface area (Å²) in [7, 11) is 0. The first kappa shape index (κ1) is 14.9. The Hall–Kier alpha value is -1.51. The maximum absolute atomic E-state index is 12.1. The second-order valence-corrected chi connectivity index (χ2v) is 5.51. The van der Waals surface area contributed by atoms with Crippen LogP contribution < -0.4 is 4.74 Å². The number of hydrogen-bond acceptors (Lipinski definition) is 2. The van der Waals surface area contributed by atoms with Crippen LogP contribution in [0.5, 0.6) is 5.75 Å². The van der Waals surface area contributed by atoms with Gasteiger partial charge in [-0.1, -0.05) is 47.0 Å². The Kier molecular flexibility index (Phi) is 4.69. The molecular weight excluding hydrogens is 295 g/mol. The van der Waals surface area contributed by atoms with Gasteiger partial charge < -0.3 is 4.74 Å². The Morgan fingerprint density at radius 2 is 1.70 bits per heavy atom. The van der Waals surface area contributed by atoms with Crippen molar-refractivity contribution in [3.05, 3.63) is 63.1 Å². The fourth-order valence-corrected chi connectivity index (χ4v) is 2.47. The topological polar surface area (TPSA) is 26.3 Å². The Morgan fingerprint density at radius 3 is 2.30 bits per heavy atom. The maximum Gasteiger partial charge on any atom is 0.200 e. The molecule has 0 bridgehead atoms. The summed E-state index contributed by atoms with van der Waals surface area (Å²) in [6.07, 6.45) is 0. The van der Waals surface area contributed by atoms with Gasteiger partial charge in [0.1, 0.15) is 5.75 Å². The molecule has 2 aromatic carbocycles. The fraction of sp³-hybridized carbons (Fsp3) is 0.188. The number of halogens is 2. The molecule has 0 unspecified atom stereocenters. The summed E-state index contributed by atoms with van der Waals surface area (Å²) >= 11 is 11.8. The molecule has 0 radical (unpaired) electrons. The lowest BCUT2D eigenvalue weighted by molar-refractivity contribution is 0.0921. The molecule has 2 rings (SSSR count). The average Bonchev–Trinajstić information content (AvgIpc) is 2.35. The first-order chi connectivity index (χ1) is 9.45. The number of aryl methyl sites for hydroxylation is 2. The van der Waals surface area contributed by atoms with Gasteiger partial charge in [-0.15, -0.1) is 0 Å². The molecule has 2 nitrogen and oxygen atoms in total. The predicted octanol–water partition coefficient (Wildman–Crippen LogP) is 4.87. The van der Waals surface area contributed by atoms with Crippen LogP contribution in [0.3, 0.4) is 0 Å². The second kappa shape index (κ2) is 6.29. The van der Waals surface area contributed by atoms with Gasteiger partial charge >= 0.3 is 0 Å². The zero-order valence-corrected chi connectivity index (χ0v) is 12.8. The van der Waals surface area contributed by atoms with E-state index in [9.17, 15) is 4.79 Å². The number of ketones is 1. The van der Waals surface area contributed by atoms with E-state index in [0.717, 1.165) is 11.1 Å². The monoisotopic (exact) mass is 308 g/mol. The minimum Gasteiger partial charge on any atom is -0.485 e. The van der Waals surface area contributed by atoms with E-state index in [1.165, 1.54) is 0 Å². The molecule has 0 amide bonds. The van der Waals surface area contributed by atoms with Crippen molar-refractivity contribution in [2.24, 2.45) is 0 Å². The van der Waals surface area contributed by atoms with Crippen LogP contribution in [0.15, 0.2) is 36.4 Å². The van der Waals surface area contributed by atoms with Crippen LogP contribution in [0.1, 0.15) is 21.5 Å². The lowest BCUT2D eigenvalue weighted by Gasteiger charge is -2.09. The Morgan fingerprint density at radius 1 is 1.05 bits per heavy atom. The highest BCUT2D eigenvalue weighted by Crippen LogP contribution is 2.24. The summed E-state index contributed by atoms with van der Waals surface area (Å²) in [5, 5.41) is 0.956. The van der Waals surface area contributed by atoms with Gasteiger partial charge in [0.15, 0.2) is 12.4 Å². The van der Waals surface area contributed by atoms with E-state index in [0.29, 0.717) is 21.4 Å². The SMILES string of the molecule is Cc1ccc(C(=O)COc2cc(Cl)cc(Cl)c2)c(C)c1. The molecule has 0 saturated carbocycles. The van der Waals surface area contributed by atoms with Crippen LogP contribution in [-0.2, 0) is 0 Å². The highest BCUT2D eigenvalue weighted by molar-refractivity contribution is 6.34. The van der Waals surface area contributed by atoms with Crippen LogP contribution in [0.25, 0.3) is 0 Å². The number of benzene rings is 2. The Bertz CT molecular complexity index is 631. The third-order valence-electron chi connectivity index (χ3n) is 2.89. The zero-order chi connectivity index (χ0) is 14.7. The van der Waals surface area contributed by atoms with Crippen molar-refractivity contribution >= 4 is 29.0 Å². The van der Waals surface area contributed by atoms with Gasteiger partial charge in [-0.2, -0.15) is 0 Å². The lowest BCUT2D eigenvalue weighted by atomic mass is 10.0. The van der Waals surface area contributed by atoms with Crippen LogP contribution >= 0.6 is 23.2 Å². The predicted molar refractivity (Wildman–Crippen MR) is 82.2 cm³/mol. The largest absolute Gasteiger partial charge is 0.485 e. The molecule has 0 N–H and O–H groups in total. The molecule has 0 heterocycles. The molecule has 2 aromatic rings. The summed E-state index contributed by atoms with van der Waals surface area (Å²) < 4.78 is 5.45. The smallest absolute Gasteiger partial charge is 0.200 e. The van der Waals surface area contributed by atoms with Gasteiger partial charge in [-0.05, 0) is 37.6 Å². The van der Waals surface area contributed by atoms with E-state index >= 15 is 0 Å². The van der Waals surface area contributed by atoms with Crippen molar-refractivity contribution < 1.29 is 9.53 Å². The Balaban J connectivity index is 2.08. The first-order valence-electron chi connectivity index (χ1n) is 6.15. The highest BCUT2D eigenvalue weighted by Gasteiger charge is 2.10. The quantitative estimate of drug-likeness (QED) is 0.753. The summed E-state index contributed by atoms with van der Waals surface area (Å²) in [4.78, 5) is 12.1. The number of carbonyl (C=O) groups excluding carboxylic acids is 1. The molecule has 0 aromatic heterocycles. The molecule has 0 atom stereocenters. The average molecular weight is 309 g/mol. The summed E-state index contributed by atoms with van der Waals surface area (Å²) in [6, 6.07) is 10.6. The molecule has 0 spiro atoms. The van der Waals surface area contributed by atoms with Crippen molar-refractivity contribution in [2.75, 3.05) is 6.61 Å². The molecule has 0 saturated heterocycles. The molecule has 0 fully saturated rings. The molecule has 4 heteroatoms. The van der Waals surface area contributed by atoms with E-state index < -0.39 is 0 Å². The minimum absolute atomic E-state index is 0.0411. The van der Waals surface area contributed by atoms with Gasteiger partial charge in [0.05, 0.1) is 0 Å². The van der Waals surface area contributed by atoms with Crippen molar-refractivity contribution in [3.8, 4) is 5.75 Å². The first-order valence-corrected chi connectivity index (χ1v) is 6.90. The summed E-state index contributed by atoms with van der Waals surface area (Å²) in [6.45, 7) is 3.86. The van der Waals surface area contributed by atoms with Gasteiger partial charge in [0, 0.05) is 15.6 Å². The van der Waals surface area contributed by atoms with Crippen LogP contribution in [0.4, 0.5) is 0 Å². The van der Waals surface area contributed by atoms with E-state index in [4.69, 9.17) is 27.9 Å². The lowest BCUT2D eigenvalue weighted by Crippen LogP contribution is -2.13. The van der Waals surface area contributed by atoms with Crippen molar-refractivity contribution in [1.82, 2.24) is 0 Å². The molecule has 0 aliphatic heterocycles. The van der Waals surface area contributed by atoms with Gasteiger partial charge in [0.25, 0.3) is 0 Å². The van der Waals surface area contributed by atoms with Crippen molar-refractivity contribution in [2.45, 2.75) is 13.8 Å². The van der Waals surface area contributed by atoms with E-state index in [1.807, 2.05) is 32.0 Å². The van der Waals surface area contributed by atoms with Crippen LogP contribution in [0.2, 0.25) is 10.0 Å². The highest BCUT2D eigenvalue weighted by atomic mass is 35.5. The van der Waals surface area contributed by atoms with Gasteiger partial charge in [-0.25, -0.2) is 0 Å². The summed E-state index contributed by atoms with van der Waals surface area (Å²) in [5.41, 5.74) is 2.74. The van der Waals surface area contributed by atoms with E-state index in [1.54, 1.807) is 18.2 Å². The fourth-order valence-electron chi connectivity index (χ4n) is 1.96.